The molecule has 0 aromatic heterocycles. The molecule has 2 aromatic carbocycles. The van der Waals surface area contributed by atoms with Gasteiger partial charge in [-0.15, -0.1) is 11.8 Å². The van der Waals surface area contributed by atoms with Gasteiger partial charge in [-0.25, -0.2) is 0 Å². The molecule has 0 aliphatic carbocycles. The van der Waals surface area contributed by atoms with Gasteiger partial charge in [0.1, 0.15) is 11.0 Å². The minimum atomic E-state index is -0.271. The van der Waals surface area contributed by atoms with Crippen LogP contribution < -0.4 is 4.74 Å². The maximum atomic E-state index is 13.0. The molecule has 3 nitrogen and oxygen atoms in total. The number of benzene rings is 2. The summed E-state index contributed by atoms with van der Waals surface area (Å²) in [5, 5.41) is -0.271. The number of carbonyl (C=O) groups excluding carboxylic acids is 1. The van der Waals surface area contributed by atoms with Gasteiger partial charge in [-0.3, -0.25) is 4.79 Å². The molecule has 0 aliphatic rings. The summed E-state index contributed by atoms with van der Waals surface area (Å²) < 4.78 is 5.43. The van der Waals surface area contributed by atoms with Crippen molar-refractivity contribution in [3.63, 3.8) is 0 Å². The topological polar surface area (TPSA) is 29.5 Å². The Kier molecular flexibility index (Phi) is 6.53. The number of hydrogen-bond acceptors (Lipinski definition) is 3. The highest BCUT2D eigenvalue weighted by atomic mass is 32.2. The predicted octanol–water partition coefficient (Wildman–Crippen LogP) is 4.40. The number of rotatable bonds is 7. The van der Waals surface area contributed by atoms with E-state index in [0.717, 1.165) is 16.2 Å². The van der Waals surface area contributed by atoms with Crippen molar-refractivity contribution >= 4 is 17.7 Å². The van der Waals surface area contributed by atoms with Crippen LogP contribution in [0, 0.1) is 0 Å². The van der Waals surface area contributed by atoms with Crippen molar-refractivity contribution in [3.05, 3.63) is 60.2 Å². The van der Waals surface area contributed by atoms with Gasteiger partial charge < -0.3 is 9.64 Å². The molecule has 0 aliphatic heterocycles. The van der Waals surface area contributed by atoms with Crippen LogP contribution in [-0.2, 0) is 4.79 Å². The third kappa shape index (κ3) is 4.29. The molecule has 4 heteroatoms. The fraction of sp³-hybridized carbons (Fsp3) is 0.316. The van der Waals surface area contributed by atoms with Crippen LogP contribution in [0.1, 0.15) is 24.7 Å². The number of likely N-dealkylation sites (N-methyl/N-ethyl adjacent to an activating group) is 1. The van der Waals surface area contributed by atoms with Gasteiger partial charge in [0.05, 0.1) is 12.0 Å². The molecule has 1 atom stereocenters. The van der Waals surface area contributed by atoms with E-state index in [2.05, 4.69) is 0 Å². The van der Waals surface area contributed by atoms with Crippen LogP contribution in [0.3, 0.4) is 0 Å². The summed E-state index contributed by atoms with van der Waals surface area (Å²) >= 11 is 1.54. The largest absolute Gasteiger partial charge is 0.496 e. The SMILES string of the molecule is CCN(CC)C(=O)C(Sc1ccccc1OC)c1ccccc1. The summed E-state index contributed by atoms with van der Waals surface area (Å²) in [5.41, 5.74) is 1.01. The lowest BCUT2D eigenvalue weighted by Gasteiger charge is -2.25. The number of thioether (sulfide) groups is 1. The molecule has 0 N–H and O–H groups in total. The predicted molar refractivity (Wildman–Crippen MR) is 96.0 cm³/mol. The highest BCUT2D eigenvalue weighted by Crippen LogP contribution is 2.40. The number of ether oxygens (including phenoxy) is 1. The van der Waals surface area contributed by atoms with Crippen molar-refractivity contribution in [1.82, 2.24) is 4.90 Å². The fourth-order valence-electron chi connectivity index (χ4n) is 2.43. The van der Waals surface area contributed by atoms with Crippen molar-refractivity contribution in [2.24, 2.45) is 0 Å². The molecule has 0 saturated carbocycles. The maximum absolute atomic E-state index is 13.0. The number of amides is 1. The summed E-state index contributed by atoms with van der Waals surface area (Å²) in [6.07, 6.45) is 0. The summed E-state index contributed by atoms with van der Waals surface area (Å²) in [6, 6.07) is 17.8. The molecule has 0 heterocycles. The molecule has 0 radical (unpaired) electrons. The Labute approximate surface area is 142 Å². The van der Waals surface area contributed by atoms with Gasteiger partial charge in [0.15, 0.2) is 0 Å². The molecule has 122 valence electrons. The van der Waals surface area contributed by atoms with Crippen molar-refractivity contribution in [1.29, 1.82) is 0 Å². The monoisotopic (exact) mass is 329 g/mol. The minimum Gasteiger partial charge on any atom is -0.496 e. The Morgan fingerprint density at radius 1 is 1.04 bits per heavy atom. The van der Waals surface area contributed by atoms with E-state index in [9.17, 15) is 4.79 Å². The molecule has 0 fully saturated rings. The number of hydrogen-bond donors (Lipinski definition) is 0. The summed E-state index contributed by atoms with van der Waals surface area (Å²) in [6.45, 7) is 5.45. The number of nitrogens with zero attached hydrogens (tertiary/aromatic N) is 1. The number of para-hydroxylation sites is 1. The van der Waals surface area contributed by atoms with Crippen molar-refractivity contribution in [2.45, 2.75) is 24.0 Å². The molecule has 1 unspecified atom stereocenters. The second kappa shape index (κ2) is 8.63. The van der Waals surface area contributed by atoms with Gasteiger partial charge in [0.2, 0.25) is 5.91 Å². The van der Waals surface area contributed by atoms with Gasteiger partial charge in [-0.05, 0) is 31.5 Å². The molecule has 23 heavy (non-hydrogen) atoms. The molecular weight excluding hydrogens is 306 g/mol. The first-order chi connectivity index (χ1) is 11.2. The first-order valence-corrected chi connectivity index (χ1v) is 8.72. The van der Waals surface area contributed by atoms with Crippen LogP contribution in [0.15, 0.2) is 59.5 Å². The molecule has 0 saturated heterocycles. The zero-order valence-corrected chi connectivity index (χ0v) is 14.7. The number of methoxy groups -OCH3 is 1. The number of carbonyl (C=O) groups is 1. The Balaban J connectivity index is 2.36. The zero-order valence-electron chi connectivity index (χ0n) is 13.9. The lowest BCUT2D eigenvalue weighted by atomic mass is 10.1. The van der Waals surface area contributed by atoms with Crippen LogP contribution in [0.2, 0.25) is 0 Å². The lowest BCUT2D eigenvalue weighted by molar-refractivity contribution is -0.130. The van der Waals surface area contributed by atoms with Crippen LogP contribution in [0.25, 0.3) is 0 Å². The van der Waals surface area contributed by atoms with E-state index in [1.807, 2.05) is 73.3 Å². The normalized spacial score (nSPS) is 11.8. The van der Waals surface area contributed by atoms with E-state index in [0.29, 0.717) is 13.1 Å². The summed E-state index contributed by atoms with van der Waals surface area (Å²) in [4.78, 5) is 15.8. The van der Waals surface area contributed by atoms with E-state index >= 15 is 0 Å². The Morgan fingerprint density at radius 2 is 1.65 bits per heavy atom. The van der Waals surface area contributed by atoms with Crippen LogP contribution in [0.4, 0.5) is 0 Å². The van der Waals surface area contributed by atoms with Gasteiger partial charge in [0, 0.05) is 13.1 Å². The van der Waals surface area contributed by atoms with Crippen molar-refractivity contribution < 1.29 is 9.53 Å². The van der Waals surface area contributed by atoms with Crippen molar-refractivity contribution in [3.8, 4) is 5.75 Å². The average molecular weight is 329 g/mol. The van der Waals surface area contributed by atoms with Crippen molar-refractivity contribution in [2.75, 3.05) is 20.2 Å². The second-order valence-corrected chi connectivity index (χ2v) is 6.22. The van der Waals surface area contributed by atoms with Gasteiger partial charge in [-0.2, -0.15) is 0 Å². The average Bonchev–Trinajstić information content (AvgIpc) is 2.61. The highest BCUT2D eigenvalue weighted by Gasteiger charge is 2.26. The van der Waals surface area contributed by atoms with E-state index < -0.39 is 0 Å². The standard InChI is InChI=1S/C19H23NO2S/c1-4-20(5-2)19(21)18(15-11-7-6-8-12-15)23-17-14-10-9-13-16(17)22-3/h6-14,18H,4-5H2,1-3H3. The first-order valence-electron chi connectivity index (χ1n) is 7.84. The minimum absolute atomic E-state index is 0.136. The quantitative estimate of drug-likeness (QED) is 0.705. The van der Waals surface area contributed by atoms with Gasteiger partial charge in [0.25, 0.3) is 0 Å². The third-order valence-electron chi connectivity index (χ3n) is 3.72. The van der Waals surface area contributed by atoms with Gasteiger partial charge >= 0.3 is 0 Å². The van der Waals surface area contributed by atoms with E-state index in [-0.39, 0.29) is 11.2 Å². The molecule has 0 bridgehead atoms. The highest BCUT2D eigenvalue weighted by molar-refractivity contribution is 8.00. The second-order valence-electron chi connectivity index (χ2n) is 5.07. The lowest BCUT2D eigenvalue weighted by Crippen LogP contribution is -2.33. The van der Waals surface area contributed by atoms with Crippen LogP contribution in [0.5, 0.6) is 5.75 Å². The van der Waals surface area contributed by atoms with Crippen LogP contribution >= 0.6 is 11.8 Å². The summed E-state index contributed by atoms with van der Waals surface area (Å²) in [5.74, 6) is 0.933. The first kappa shape index (κ1) is 17.4. The Hall–Kier alpha value is -1.94. The smallest absolute Gasteiger partial charge is 0.240 e. The molecular formula is C19H23NO2S. The van der Waals surface area contributed by atoms with E-state index in [1.165, 1.54) is 0 Å². The molecule has 1 amide bonds. The Morgan fingerprint density at radius 3 is 2.26 bits per heavy atom. The van der Waals surface area contributed by atoms with E-state index in [4.69, 9.17) is 4.74 Å². The van der Waals surface area contributed by atoms with Crippen LogP contribution in [-0.4, -0.2) is 31.0 Å². The molecule has 2 aromatic rings. The van der Waals surface area contributed by atoms with E-state index in [1.54, 1.807) is 18.9 Å². The fourth-order valence-corrected chi connectivity index (χ4v) is 3.65. The Bertz CT molecular complexity index is 626. The zero-order chi connectivity index (χ0) is 16.7. The molecule has 0 spiro atoms. The van der Waals surface area contributed by atoms with Gasteiger partial charge in [-0.1, -0.05) is 42.5 Å². The summed E-state index contributed by atoms with van der Waals surface area (Å²) in [7, 11) is 1.66. The maximum Gasteiger partial charge on any atom is 0.240 e. The molecule has 2 rings (SSSR count). The third-order valence-corrected chi connectivity index (χ3v) is 5.02.